The number of carbonyl (C=O) groups excluding carboxylic acids is 1. The van der Waals surface area contributed by atoms with E-state index in [1.807, 2.05) is 32.0 Å². The van der Waals surface area contributed by atoms with Gasteiger partial charge in [-0.1, -0.05) is 40.9 Å². The van der Waals surface area contributed by atoms with Crippen LogP contribution in [0.3, 0.4) is 0 Å². The predicted octanol–water partition coefficient (Wildman–Crippen LogP) is 4.86. The van der Waals surface area contributed by atoms with Crippen molar-refractivity contribution in [1.82, 2.24) is 0 Å². The van der Waals surface area contributed by atoms with Crippen LogP contribution >= 0.6 is 23.2 Å². The number of amides is 1. The van der Waals surface area contributed by atoms with Crippen molar-refractivity contribution in [3.63, 3.8) is 0 Å². The second-order valence-corrected chi connectivity index (χ2v) is 5.22. The van der Waals surface area contributed by atoms with Crippen LogP contribution in [0.4, 0.5) is 5.69 Å². The Morgan fingerprint density at radius 1 is 1.00 bits per heavy atom. The maximum absolute atomic E-state index is 12.2. The summed E-state index contributed by atoms with van der Waals surface area (Å²) in [4.78, 5) is 12.2. The summed E-state index contributed by atoms with van der Waals surface area (Å²) < 4.78 is 0. The van der Waals surface area contributed by atoms with E-state index in [4.69, 9.17) is 23.2 Å². The monoisotopic (exact) mass is 293 g/mol. The Morgan fingerprint density at radius 2 is 1.74 bits per heavy atom. The van der Waals surface area contributed by atoms with Gasteiger partial charge in [-0.2, -0.15) is 0 Å². The first kappa shape index (κ1) is 13.9. The standard InChI is InChI=1S/C15H13Cl2NO/c1-9-3-4-10(2)12(7-9)15(19)18-11-5-6-13(16)14(17)8-11/h3-8H,1-2H3,(H,18,19). The molecule has 98 valence electrons. The van der Waals surface area contributed by atoms with Crippen LogP contribution in [-0.2, 0) is 0 Å². The predicted molar refractivity (Wildman–Crippen MR) is 80.3 cm³/mol. The van der Waals surface area contributed by atoms with Crippen molar-refractivity contribution in [2.75, 3.05) is 5.32 Å². The second kappa shape index (κ2) is 5.64. The molecular formula is C15H13Cl2NO. The molecule has 2 aromatic rings. The number of hydrogen-bond donors (Lipinski definition) is 1. The van der Waals surface area contributed by atoms with E-state index < -0.39 is 0 Å². The van der Waals surface area contributed by atoms with Crippen LogP contribution in [0.25, 0.3) is 0 Å². The van der Waals surface area contributed by atoms with Crippen LogP contribution in [0.2, 0.25) is 10.0 Å². The lowest BCUT2D eigenvalue weighted by atomic mass is 10.1. The highest BCUT2D eigenvalue weighted by Gasteiger charge is 2.10. The Labute approximate surface area is 122 Å². The van der Waals surface area contributed by atoms with Crippen molar-refractivity contribution in [3.05, 3.63) is 63.1 Å². The number of halogens is 2. The third kappa shape index (κ3) is 3.28. The molecule has 4 heteroatoms. The lowest BCUT2D eigenvalue weighted by Crippen LogP contribution is -2.13. The molecule has 0 aliphatic heterocycles. The van der Waals surface area contributed by atoms with Crippen LogP contribution < -0.4 is 5.32 Å². The molecule has 0 aliphatic rings. The van der Waals surface area contributed by atoms with Crippen molar-refractivity contribution in [1.29, 1.82) is 0 Å². The van der Waals surface area contributed by atoms with Crippen molar-refractivity contribution >= 4 is 34.8 Å². The zero-order valence-electron chi connectivity index (χ0n) is 10.6. The normalized spacial score (nSPS) is 10.3. The molecule has 0 radical (unpaired) electrons. The molecule has 0 aromatic heterocycles. The number of hydrogen-bond acceptors (Lipinski definition) is 1. The number of nitrogens with one attached hydrogen (secondary N) is 1. The van der Waals surface area contributed by atoms with Crippen LogP contribution in [0.15, 0.2) is 36.4 Å². The zero-order valence-corrected chi connectivity index (χ0v) is 12.1. The molecule has 1 amide bonds. The number of rotatable bonds is 2. The van der Waals surface area contributed by atoms with Crippen LogP contribution in [0.1, 0.15) is 21.5 Å². The van der Waals surface area contributed by atoms with Gasteiger partial charge in [-0.3, -0.25) is 4.79 Å². The minimum Gasteiger partial charge on any atom is -0.322 e. The Morgan fingerprint density at radius 3 is 2.42 bits per heavy atom. The Kier molecular flexibility index (Phi) is 4.13. The Hall–Kier alpha value is -1.51. The van der Waals surface area contributed by atoms with Gasteiger partial charge >= 0.3 is 0 Å². The highest BCUT2D eigenvalue weighted by Crippen LogP contribution is 2.25. The van der Waals surface area contributed by atoms with E-state index in [9.17, 15) is 4.79 Å². The maximum atomic E-state index is 12.2. The summed E-state index contributed by atoms with van der Waals surface area (Å²) in [5.74, 6) is -0.153. The van der Waals surface area contributed by atoms with E-state index in [1.165, 1.54) is 0 Å². The molecule has 0 unspecified atom stereocenters. The molecule has 0 aliphatic carbocycles. The van der Waals surface area contributed by atoms with Gasteiger partial charge in [0, 0.05) is 11.3 Å². The third-order valence-corrected chi connectivity index (χ3v) is 3.55. The van der Waals surface area contributed by atoms with E-state index in [0.29, 0.717) is 21.3 Å². The molecule has 0 atom stereocenters. The molecule has 2 nitrogen and oxygen atoms in total. The van der Waals surface area contributed by atoms with Gasteiger partial charge in [0.05, 0.1) is 10.0 Å². The SMILES string of the molecule is Cc1ccc(C)c(C(=O)Nc2ccc(Cl)c(Cl)c2)c1. The van der Waals surface area contributed by atoms with Crippen LogP contribution in [0, 0.1) is 13.8 Å². The Bertz CT molecular complexity index is 638. The molecule has 2 rings (SSSR count). The quantitative estimate of drug-likeness (QED) is 0.841. The first-order valence-corrected chi connectivity index (χ1v) is 6.56. The lowest BCUT2D eigenvalue weighted by molar-refractivity contribution is 0.102. The van der Waals surface area contributed by atoms with Gasteiger partial charge in [0.2, 0.25) is 0 Å². The molecule has 0 saturated carbocycles. The third-order valence-electron chi connectivity index (χ3n) is 2.82. The lowest BCUT2D eigenvalue weighted by Gasteiger charge is -2.09. The van der Waals surface area contributed by atoms with Gasteiger partial charge in [0.15, 0.2) is 0 Å². The number of benzene rings is 2. The van der Waals surface area contributed by atoms with Crippen molar-refractivity contribution in [2.24, 2.45) is 0 Å². The molecule has 1 N–H and O–H groups in total. The van der Waals surface area contributed by atoms with E-state index in [2.05, 4.69) is 5.32 Å². The average Bonchev–Trinajstić information content (AvgIpc) is 2.36. The fourth-order valence-electron chi connectivity index (χ4n) is 1.75. The van der Waals surface area contributed by atoms with Crippen molar-refractivity contribution < 1.29 is 4.79 Å². The topological polar surface area (TPSA) is 29.1 Å². The van der Waals surface area contributed by atoms with E-state index in [-0.39, 0.29) is 5.91 Å². The number of carbonyl (C=O) groups is 1. The summed E-state index contributed by atoms with van der Waals surface area (Å²) in [5.41, 5.74) is 3.26. The molecule has 0 spiro atoms. The van der Waals surface area contributed by atoms with Gasteiger partial charge in [-0.05, 0) is 43.7 Å². The average molecular weight is 294 g/mol. The van der Waals surface area contributed by atoms with Crippen molar-refractivity contribution in [3.8, 4) is 0 Å². The van der Waals surface area contributed by atoms with E-state index in [0.717, 1.165) is 11.1 Å². The van der Waals surface area contributed by atoms with Crippen LogP contribution in [-0.4, -0.2) is 5.91 Å². The largest absolute Gasteiger partial charge is 0.322 e. The minimum atomic E-state index is -0.153. The summed E-state index contributed by atoms with van der Waals surface area (Å²) in [6.07, 6.45) is 0. The smallest absolute Gasteiger partial charge is 0.255 e. The molecular weight excluding hydrogens is 281 g/mol. The number of aryl methyl sites for hydroxylation is 2. The molecule has 0 bridgehead atoms. The highest BCUT2D eigenvalue weighted by atomic mass is 35.5. The summed E-state index contributed by atoms with van der Waals surface area (Å²) >= 11 is 11.8. The molecule has 0 fully saturated rings. The highest BCUT2D eigenvalue weighted by molar-refractivity contribution is 6.42. The van der Waals surface area contributed by atoms with Crippen molar-refractivity contribution in [2.45, 2.75) is 13.8 Å². The van der Waals surface area contributed by atoms with Gasteiger partial charge < -0.3 is 5.32 Å². The maximum Gasteiger partial charge on any atom is 0.255 e. The van der Waals surface area contributed by atoms with E-state index >= 15 is 0 Å². The summed E-state index contributed by atoms with van der Waals surface area (Å²) in [6, 6.07) is 10.8. The second-order valence-electron chi connectivity index (χ2n) is 4.40. The Balaban J connectivity index is 2.25. The van der Waals surface area contributed by atoms with E-state index in [1.54, 1.807) is 18.2 Å². The first-order chi connectivity index (χ1) is 8.97. The van der Waals surface area contributed by atoms with Gasteiger partial charge in [-0.15, -0.1) is 0 Å². The van der Waals surface area contributed by atoms with Crippen LogP contribution in [0.5, 0.6) is 0 Å². The molecule has 0 heterocycles. The fourth-order valence-corrected chi connectivity index (χ4v) is 2.05. The van der Waals surface area contributed by atoms with Gasteiger partial charge in [-0.25, -0.2) is 0 Å². The zero-order chi connectivity index (χ0) is 14.0. The summed E-state index contributed by atoms with van der Waals surface area (Å²) in [5, 5.41) is 3.69. The molecule has 0 saturated heterocycles. The van der Waals surface area contributed by atoms with Gasteiger partial charge in [0.25, 0.3) is 5.91 Å². The first-order valence-electron chi connectivity index (χ1n) is 5.81. The summed E-state index contributed by atoms with van der Waals surface area (Å²) in [7, 11) is 0. The van der Waals surface area contributed by atoms with Gasteiger partial charge in [0.1, 0.15) is 0 Å². The fraction of sp³-hybridized carbons (Fsp3) is 0.133. The minimum absolute atomic E-state index is 0.153. The number of anilines is 1. The summed E-state index contributed by atoms with van der Waals surface area (Å²) in [6.45, 7) is 3.86. The molecule has 2 aromatic carbocycles. The molecule has 19 heavy (non-hydrogen) atoms.